The van der Waals surface area contributed by atoms with Gasteiger partial charge < -0.3 is 10.0 Å². The van der Waals surface area contributed by atoms with Gasteiger partial charge in [0.25, 0.3) is 5.91 Å². The maximum absolute atomic E-state index is 12.2. The predicted octanol–water partition coefficient (Wildman–Crippen LogP) is 1.17. The summed E-state index contributed by atoms with van der Waals surface area (Å²) < 4.78 is 0. The van der Waals surface area contributed by atoms with Gasteiger partial charge in [-0.3, -0.25) is 4.79 Å². The molecule has 0 aliphatic carbocycles. The Balaban J connectivity index is 2.43. The Kier molecular flexibility index (Phi) is 3.42. The van der Waals surface area contributed by atoms with Crippen molar-refractivity contribution in [2.24, 2.45) is 5.10 Å². The summed E-state index contributed by atoms with van der Waals surface area (Å²) in [5.74, 6) is -0.719. The van der Waals surface area contributed by atoms with Crippen molar-refractivity contribution in [3.63, 3.8) is 0 Å². The second-order valence-corrected chi connectivity index (χ2v) is 4.54. The summed E-state index contributed by atoms with van der Waals surface area (Å²) in [5.41, 5.74) is -1.26. The van der Waals surface area contributed by atoms with Crippen LogP contribution in [0.25, 0.3) is 0 Å². The number of carboxylic acid groups (broad SMARTS) is 1. The number of aliphatic carboxylic acids is 1. The van der Waals surface area contributed by atoms with E-state index in [0.717, 1.165) is 5.01 Å². The highest BCUT2D eigenvalue weighted by Crippen LogP contribution is 2.28. The molecule has 6 heteroatoms. The number of hydrogen-bond acceptors (Lipinski definition) is 4. The smallest absolute Gasteiger partial charge is 0.331 e. The van der Waals surface area contributed by atoms with E-state index >= 15 is 0 Å². The maximum atomic E-state index is 12.2. The molecule has 2 rings (SSSR count). The topological polar surface area (TPSA) is 73.2 Å². The Morgan fingerprint density at radius 2 is 2.11 bits per heavy atom. The molecule has 1 N–H and O–H groups in total. The molecule has 0 radical (unpaired) electrons. The van der Waals surface area contributed by atoms with E-state index < -0.39 is 11.5 Å². The molecule has 0 spiro atoms. The lowest BCUT2D eigenvalue weighted by molar-refractivity contribution is -0.161. The maximum Gasteiger partial charge on any atom is 0.331 e. The number of fused-ring (bicyclic) bond motifs is 1. The van der Waals surface area contributed by atoms with E-state index in [4.69, 9.17) is 0 Å². The van der Waals surface area contributed by atoms with E-state index in [1.165, 1.54) is 0 Å². The molecule has 1 amide bonds. The van der Waals surface area contributed by atoms with E-state index in [9.17, 15) is 14.7 Å². The lowest BCUT2D eigenvalue weighted by atomic mass is 9.91. The molecule has 0 unspecified atom stereocenters. The highest BCUT2D eigenvalue weighted by Gasteiger charge is 2.46. The fourth-order valence-electron chi connectivity index (χ4n) is 2.34. The Morgan fingerprint density at radius 3 is 2.68 bits per heavy atom. The second-order valence-electron chi connectivity index (χ2n) is 4.54. The summed E-state index contributed by atoms with van der Waals surface area (Å²) in [5, 5.41) is 14.9. The summed E-state index contributed by atoms with van der Waals surface area (Å²) in [6.45, 7) is 3.64. The van der Waals surface area contributed by atoms with Gasteiger partial charge in [0.1, 0.15) is 6.54 Å². The van der Waals surface area contributed by atoms with Crippen molar-refractivity contribution >= 4 is 17.7 Å². The molecule has 6 nitrogen and oxygen atoms in total. The van der Waals surface area contributed by atoms with Crippen LogP contribution in [0.15, 0.2) is 29.5 Å². The van der Waals surface area contributed by atoms with Crippen LogP contribution in [0, 0.1) is 0 Å². The molecule has 0 saturated heterocycles. The van der Waals surface area contributed by atoms with Crippen LogP contribution in [0.5, 0.6) is 0 Å². The van der Waals surface area contributed by atoms with Gasteiger partial charge in [-0.2, -0.15) is 5.10 Å². The van der Waals surface area contributed by atoms with Crippen LogP contribution in [0.4, 0.5) is 0 Å². The first kappa shape index (κ1) is 13.3. The predicted molar refractivity (Wildman–Crippen MR) is 70.2 cm³/mol. The molecule has 0 bridgehead atoms. The van der Waals surface area contributed by atoms with Gasteiger partial charge in [-0.25, -0.2) is 9.80 Å². The number of rotatable bonds is 4. The highest BCUT2D eigenvalue weighted by atomic mass is 16.4. The Morgan fingerprint density at radius 1 is 1.42 bits per heavy atom. The van der Waals surface area contributed by atoms with Crippen LogP contribution in [0.2, 0.25) is 0 Å². The van der Waals surface area contributed by atoms with Crippen molar-refractivity contribution in [3.8, 4) is 0 Å². The lowest BCUT2D eigenvalue weighted by Crippen LogP contribution is -2.59. The van der Waals surface area contributed by atoms with Gasteiger partial charge in [-0.1, -0.05) is 19.9 Å². The zero-order chi connectivity index (χ0) is 14.0. The van der Waals surface area contributed by atoms with Crippen LogP contribution in [0.1, 0.15) is 26.7 Å². The van der Waals surface area contributed by atoms with Gasteiger partial charge in [-0.15, -0.1) is 0 Å². The van der Waals surface area contributed by atoms with E-state index in [1.54, 1.807) is 31.0 Å². The molecule has 0 saturated carbocycles. The third-order valence-electron chi connectivity index (χ3n) is 3.63. The number of amides is 1. The third kappa shape index (κ3) is 2.03. The minimum absolute atomic E-state index is 0.120. The van der Waals surface area contributed by atoms with Crippen molar-refractivity contribution in [1.82, 2.24) is 9.91 Å². The fourth-order valence-corrected chi connectivity index (χ4v) is 2.34. The second kappa shape index (κ2) is 4.87. The molecule has 0 aromatic carbocycles. The largest absolute Gasteiger partial charge is 0.479 e. The van der Waals surface area contributed by atoms with Gasteiger partial charge in [-0.05, 0) is 25.0 Å². The monoisotopic (exact) mass is 263 g/mol. The van der Waals surface area contributed by atoms with E-state index in [0.29, 0.717) is 18.7 Å². The van der Waals surface area contributed by atoms with E-state index in [2.05, 4.69) is 5.10 Å². The van der Waals surface area contributed by atoms with Crippen LogP contribution < -0.4 is 0 Å². The minimum Gasteiger partial charge on any atom is -0.479 e. The number of allylic oxidation sites excluding steroid dienone is 2. The fraction of sp³-hybridized carbons (Fsp3) is 0.462. The van der Waals surface area contributed by atoms with Gasteiger partial charge in [0.05, 0.1) is 0 Å². The first-order valence-electron chi connectivity index (χ1n) is 6.31. The van der Waals surface area contributed by atoms with E-state index in [1.807, 2.05) is 12.2 Å². The quantitative estimate of drug-likeness (QED) is 0.826. The average molecular weight is 263 g/mol. The van der Waals surface area contributed by atoms with Gasteiger partial charge in [0, 0.05) is 6.20 Å². The summed E-state index contributed by atoms with van der Waals surface area (Å²) >= 11 is 0. The number of carboxylic acids is 1. The zero-order valence-corrected chi connectivity index (χ0v) is 11.0. The summed E-state index contributed by atoms with van der Waals surface area (Å²) in [7, 11) is 0. The number of hydrazone groups is 1. The summed E-state index contributed by atoms with van der Waals surface area (Å²) in [6.07, 6.45) is 7.78. The summed E-state index contributed by atoms with van der Waals surface area (Å²) in [4.78, 5) is 25.5. The number of carbonyl (C=O) groups excluding carboxylic acids is 1. The Hall–Kier alpha value is -2.11. The minimum atomic E-state index is -1.26. The Bertz CT molecular complexity index is 489. The molecule has 0 fully saturated rings. The van der Waals surface area contributed by atoms with Crippen LogP contribution >= 0.6 is 0 Å². The van der Waals surface area contributed by atoms with Crippen LogP contribution in [-0.2, 0) is 9.59 Å². The molecular weight excluding hydrogens is 246 g/mol. The first-order valence-corrected chi connectivity index (χ1v) is 6.31. The highest BCUT2D eigenvalue weighted by molar-refractivity contribution is 6.01. The molecule has 2 aliphatic heterocycles. The van der Waals surface area contributed by atoms with Crippen molar-refractivity contribution in [3.05, 3.63) is 24.4 Å². The lowest BCUT2D eigenvalue weighted by Gasteiger charge is -2.40. The molecule has 19 heavy (non-hydrogen) atoms. The van der Waals surface area contributed by atoms with Crippen molar-refractivity contribution < 1.29 is 14.7 Å². The molecule has 0 aromatic heterocycles. The van der Waals surface area contributed by atoms with Gasteiger partial charge >= 0.3 is 5.97 Å². The molecule has 0 atom stereocenters. The number of nitrogens with zero attached hydrogens (tertiary/aromatic N) is 3. The molecule has 2 heterocycles. The van der Waals surface area contributed by atoms with E-state index in [-0.39, 0.29) is 12.5 Å². The molecule has 0 aromatic rings. The van der Waals surface area contributed by atoms with Crippen molar-refractivity contribution in [2.45, 2.75) is 32.2 Å². The third-order valence-corrected chi connectivity index (χ3v) is 3.63. The van der Waals surface area contributed by atoms with Gasteiger partial charge in [0.15, 0.2) is 11.4 Å². The normalized spacial score (nSPS) is 18.4. The Labute approximate surface area is 111 Å². The van der Waals surface area contributed by atoms with Gasteiger partial charge in [0.2, 0.25) is 0 Å². The SMILES string of the molecule is CCC(CC)(C(=O)O)N1N=C2C=CC=CN2CC1=O. The van der Waals surface area contributed by atoms with Crippen molar-refractivity contribution in [2.75, 3.05) is 6.54 Å². The zero-order valence-electron chi connectivity index (χ0n) is 11.0. The first-order chi connectivity index (χ1) is 9.05. The molecule has 102 valence electrons. The number of amidine groups is 1. The van der Waals surface area contributed by atoms with Crippen molar-refractivity contribution in [1.29, 1.82) is 0 Å². The number of hydrogen-bond donors (Lipinski definition) is 1. The van der Waals surface area contributed by atoms with Crippen LogP contribution in [-0.4, -0.2) is 44.8 Å². The van der Waals surface area contributed by atoms with Crippen LogP contribution in [0.3, 0.4) is 0 Å². The number of carbonyl (C=O) groups is 2. The summed E-state index contributed by atoms with van der Waals surface area (Å²) in [6, 6.07) is 0. The average Bonchev–Trinajstić information content (AvgIpc) is 2.40. The molecule has 2 aliphatic rings. The molecular formula is C13H17N3O3. The standard InChI is InChI=1S/C13H17N3O3/c1-3-13(4-2,12(18)19)16-11(17)9-15-8-6-5-7-10(15)14-16/h5-8H,3-4,9H2,1-2H3,(H,18,19).